The number of methoxy groups -OCH3 is 1. The lowest BCUT2D eigenvalue weighted by atomic mass is 9.71. The summed E-state index contributed by atoms with van der Waals surface area (Å²) in [5, 5.41) is 9.06. The maximum Gasteiger partial charge on any atom is 0.119 e. The van der Waals surface area contributed by atoms with E-state index in [0.29, 0.717) is 6.42 Å². The highest BCUT2D eigenvalue weighted by Crippen LogP contribution is 2.38. The molecule has 0 saturated heterocycles. The molecule has 0 radical (unpaired) electrons. The van der Waals surface area contributed by atoms with Crippen molar-refractivity contribution in [1.82, 2.24) is 0 Å². The average molecular weight is 227 g/mol. The molecule has 1 aliphatic carbocycles. The van der Waals surface area contributed by atoms with Crippen LogP contribution >= 0.6 is 0 Å². The fourth-order valence-electron chi connectivity index (χ4n) is 2.49. The molecule has 1 aliphatic rings. The fraction of sp³-hybridized carbons (Fsp3) is 0.400. The first kappa shape index (κ1) is 11.7. The third-order valence-electron chi connectivity index (χ3n) is 3.47. The number of nitrogens with zero attached hydrogens (tertiary/aromatic N) is 1. The van der Waals surface area contributed by atoms with E-state index in [2.05, 4.69) is 24.3 Å². The van der Waals surface area contributed by atoms with Gasteiger partial charge in [-0.2, -0.15) is 5.26 Å². The maximum absolute atomic E-state index is 9.06. The SMILES string of the molecule is COc1cccc(C2(CC#N)C=CCCC2)c1. The van der Waals surface area contributed by atoms with Crippen molar-refractivity contribution in [3.63, 3.8) is 0 Å². The van der Waals surface area contributed by atoms with Gasteiger partial charge in [0.15, 0.2) is 0 Å². The summed E-state index contributed by atoms with van der Waals surface area (Å²) in [7, 11) is 1.67. The van der Waals surface area contributed by atoms with E-state index in [1.54, 1.807) is 7.11 Å². The van der Waals surface area contributed by atoms with E-state index < -0.39 is 0 Å². The summed E-state index contributed by atoms with van der Waals surface area (Å²) in [5.74, 6) is 0.860. The largest absolute Gasteiger partial charge is 0.497 e. The summed E-state index contributed by atoms with van der Waals surface area (Å²) in [6.07, 6.45) is 8.25. The second-order valence-electron chi connectivity index (χ2n) is 4.52. The number of hydrogen-bond donors (Lipinski definition) is 0. The summed E-state index contributed by atoms with van der Waals surface area (Å²) in [5.41, 5.74) is 1.08. The molecule has 0 bridgehead atoms. The normalized spacial score (nSPS) is 23.1. The Morgan fingerprint density at radius 3 is 3.00 bits per heavy atom. The van der Waals surface area contributed by atoms with Gasteiger partial charge in [-0.3, -0.25) is 0 Å². The molecular formula is C15H17NO. The Hall–Kier alpha value is -1.75. The molecule has 0 fully saturated rings. The van der Waals surface area contributed by atoms with Gasteiger partial charge in [-0.15, -0.1) is 0 Å². The van der Waals surface area contributed by atoms with Crippen LogP contribution in [0.25, 0.3) is 0 Å². The minimum absolute atomic E-state index is 0.110. The topological polar surface area (TPSA) is 33.0 Å². The van der Waals surface area contributed by atoms with E-state index >= 15 is 0 Å². The molecule has 2 rings (SSSR count). The van der Waals surface area contributed by atoms with Crippen LogP contribution in [0.15, 0.2) is 36.4 Å². The van der Waals surface area contributed by atoms with Crippen molar-refractivity contribution in [3.05, 3.63) is 42.0 Å². The molecule has 88 valence electrons. The van der Waals surface area contributed by atoms with E-state index in [1.165, 1.54) is 5.56 Å². The van der Waals surface area contributed by atoms with Crippen molar-refractivity contribution in [2.45, 2.75) is 31.1 Å². The summed E-state index contributed by atoms with van der Waals surface area (Å²) < 4.78 is 5.26. The van der Waals surface area contributed by atoms with Crippen LogP contribution in [-0.4, -0.2) is 7.11 Å². The third-order valence-corrected chi connectivity index (χ3v) is 3.47. The molecule has 0 spiro atoms. The summed E-state index contributed by atoms with van der Waals surface area (Å²) in [6, 6.07) is 10.4. The zero-order valence-corrected chi connectivity index (χ0v) is 10.1. The van der Waals surface area contributed by atoms with Crippen LogP contribution in [0, 0.1) is 11.3 Å². The minimum atomic E-state index is -0.110. The first-order chi connectivity index (χ1) is 8.30. The molecule has 17 heavy (non-hydrogen) atoms. The Labute approximate surface area is 103 Å². The zero-order chi connectivity index (χ0) is 12.1. The second kappa shape index (κ2) is 5.05. The smallest absolute Gasteiger partial charge is 0.119 e. The summed E-state index contributed by atoms with van der Waals surface area (Å²) in [4.78, 5) is 0. The molecule has 0 aliphatic heterocycles. The molecular weight excluding hydrogens is 210 g/mol. The second-order valence-corrected chi connectivity index (χ2v) is 4.52. The molecule has 1 atom stereocenters. The first-order valence-electron chi connectivity index (χ1n) is 6.00. The van der Waals surface area contributed by atoms with Gasteiger partial charge in [0.1, 0.15) is 5.75 Å². The standard InChI is InChI=1S/C15H17NO/c1-17-14-7-5-6-13(12-14)15(10-11-16)8-3-2-4-9-15/h3,5-8,12H,2,4,9-10H2,1H3. The monoisotopic (exact) mass is 227 g/mol. The van der Waals surface area contributed by atoms with Gasteiger partial charge in [0.25, 0.3) is 0 Å². The lowest BCUT2D eigenvalue weighted by molar-refractivity contribution is 0.409. The fourth-order valence-corrected chi connectivity index (χ4v) is 2.49. The lowest BCUT2D eigenvalue weighted by Crippen LogP contribution is -2.25. The van der Waals surface area contributed by atoms with Crippen molar-refractivity contribution in [2.75, 3.05) is 7.11 Å². The van der Waals surface area contributed by atoms with Crippen molar-refractivity contribution < 1.29 is 4.74 Å². The van der Waals surface area contributed by atoms with Crippen LogP contribution in [0.2, 0.25) is 0 Å². The van der Waals surface area contributed by atoms with Crippen molar-refractivity contribution in [2.24, 2.45) is 0 Å². The van der Waals surface area contributed by atoms with Crippen LogP contribution in [0.5, 0.6) is 5.75 Å². The molecule has 2 heteroatoms. The van der Waals surface area contributed by atoms with Gasteiger partial charge in [-0.25, -0.2) is 0 Å². The zero-order valence-electron chi connectivity index (χ0n) is 10.1. The Balaban J connectivity index is 2.41. The third kappa shape index (κ3) is 2.34. The van der Waals surface area contributed by atoms with E-state index in [4.69, 9.17) is 10.00 Å². The van der Waals surface area contributed by atoms with Gasteiger partial charge < -0.3 is 4.74 Å². The highest BCUT2D eigenvalue weighted by molar-refractivity contribution is 5.38. The van der Waals surface area contributed by atoms with Crippen molar-refractivity contribution in [1.29, 1.82) is 5.26 Å². The van der Waals surface area contributed by atoms with E-state index in [9.17, 15) is 0 Å². The average Bonchev–Trinajstić information content (AvgIpc) is 2.40. The number of hydrogen-bond acceptors (Lipinski definition) is 2. The summed E-state index contributed by atoms with van der Waals surface area (Å²) in [6.45, 7) is 0. The van der Waals surface area contributed by atoms with Gasteiger partial charge in [0.2, 0.25) is 0 Å². The molecule has 0 heterocycles. The summed E-state index contributed by atoms with van der Waals surface area (Å²) >= 11 is 0. The molecule has 2 nitrogen and oxygen atoms in total. The van der Waals surface area contributed by atoms with Crippen LogP contribution < -0.4 is 4.74 Å². The minimum Gasteiger partial charge on any atom is -0.497 e. The van der Waals surface area contributed by atoms with Gasteiger partial charge in [-0.05, 0) is 37.0 Å². The van der Waals surface area contributed by atoms with Crippen LogP contribution in [-0.2, 0) is 5.41 Å². The number of rotatable bonds is 3. The number of allylic oxidation sites excluding steroid dienone is 2. The van der Waals surface area contributed by atoms with Crippen molar-refractivity contribution in [3.8, 4) is 11.8 Å². The quantitative estimate of drug-likeness (QED) is 0.739. The molecule has 0 aromatic heterocycles. The highest BCUT2D eigenvalue weighted by atomic mass is 16.5. The number of benzene rings is 1. The Morgan fingerprint density at radius 2 is 2.35 bits per heavy atom. The van der Waals surface area contributed by atoms with Crippen LogP contribution in [0.3, 0.4) is 0 Å². The Morgan fingerprint density at radius 1 is 1.47 bits per heavy atom. The maximum atomic E-state index is 9.06. The van der Waals surface area contributed by atoms with Gasteiger partial charge in [-0.1, -0.05) is 24.3 Å². The number of ether oxygens (including phenoxy) is 1. The first-order valence-corrected chi connectivity index (χ1v) is 6.00. The molecule has 1 aromatic carbocycles. The molecule has 0 N–H and O–H groups in total. The van der Waals surface area contributed by atoms with E-state index in [-0.39, 0.29) is 5.41 Å². The Bertz CT molecular complexity index is 458. The van der Waals surface area contributed by atoms with Gasteiger partial charge in [0, 0.05) is 11.8 Å². The molecule has 1 aromatic rings. The lowest BCUT2D eigenvalue weighted by Gasteiger charge is -2.31. The van der Waals surface area contributed by atoms with Gasteiger partial charge in [0.05, 0.1) is 13.2 Å². The molecule has 1 unspecified atom stereocenters. The van der Waals surface area contributed by atoms with Gasteiger partial charge >= 0.3 is 0 Å². The highest BCUT2D eigenvalue weighted by Gasteiger charge is 2.30. The predicted octanol–water partition coefficient (Wildman–Crippen LogP) is 3.59. The van der Waals surface area contributed by atoms with E-state index in [0.717, 1.165) is 25.0 Å². The molecule has 0 saturated carbocycles. The predicted molar refractivity (Wildman–Crippen MR) is 67.9 cm³/mol. The van der Waals surface area contributed by atoms with Crippen LogP contribution in [0.1, 0.15) is 31.2 Å². The Kier molecular flexibility index (Phi) is 3.49. The molecule has 0 amide bonds. The number of nitriles is 1. The van der Waals surface area contributed by atoms with Crippen molar-refractivity contribution >= 4 is 0 Å². The van der Waals surface area contributed by atoms with E-state index in [1.807, 2.05) is 18.2 Å². The van der Waals surface area contributed by atoms with Crippen LogP contribution in [0.4, 0.5) is 0 Å².